The van der Waals surface area contributed by atoms with Gasteiger partial charge in [-0.05, 0) is 0 Å². The van der Waals surface area contributed by atoms with E-state index >= 15 is 0 Å². The minimum absolute atomic E-state index is 0. The first kappa shape index (κ1) is 22.3. The van der Waals surface area contributed by atoms with Crippen molar-refractivity contribution >= 4 is 24.8 Å². The third-order valence-electron chi connectivity index (χ3n) is 3.27. The smallest absolute Gasteiger partial charge is 0.319 e. The van der Waals surface area contributed by atoms with Crippen LogP contribution in [0, 0.1) is 0 Å². The van der Waals surface area contributed by atoms with Crippen LogP contribution < -0.4 is 5.73 Å². The fraction of sp³-hybridized carbons (Fsp3) is 0.818. The normalized spacial score (nSPS) is 17.0. The first-order chi connectivity index (χ1) is 9.90. The average Bonchev–Trinajstić information content (AvgIpc) is 2.88. The summed E-state index contributed by atoms with van der Waals surface area (Å²) in [4.78, 5) is 7.33. The largest absolute Gasteiger partial charge is 0.338 e. The molecule has 1 saturated heterocycles. The van der Waals surface area contributed by atoms with Gasteiger partial charge in [-0.15, -0.1) is 24.8 Å². The molecule has 0 amide bonds. The Hall–Kier alpha value is -0.680. The Kier molecular flexibility index (Phi) is 9.29. The number of halogens is 6. The van der Waals surface area contributed by atoms with Crippen molar-refractivity contribution in [3.8, 4) is 0 Å². The minimum atomic E-state index is -3.97. The maximum Gasteiger partial charge on any atom is 0.319 e. The van der Waals surface area contributed by atoms with Gasteiger partial charge in [-0.3, -0.25) is 9.80 Å². The van der Waals surface area contributed by atoms with Gasteiger partial charge in [0.25, 0.3) is 0 Å². The van der Waals surface area contributed by atoms with Crippen molar-refractivity contribution in [3.63, 3.8) is 0 Å². The Morgan fingerprint density at radius 3 is 2.17 bits per heavy atom. The zero-order valence-corrected chi connectivity index (χ0v) is 13.8. The zero-order chi connectivity index (χ0) is 15.5. The second kappa shape index (κ2) is 9.58. The van der Waals surface area contributed by atoms with Crippen LogP contribution in [-0.4, -0.2) is 65.0 Å². The number of alkyl halides is 4. The monoisotopic (exact) mass is 383 g/mol. The third-order valence-corrected chi connectivity index (χ3v) is 3.27. The summed E-state index contributed by atoms with van der Waals surface area (Å²) in [6, 6.07) is 0. The molecule has 6 nitrogen and oxygen atoms in total. The van der Waals surface area contributed by atoms with Crippen LogP contribution in [0.5, 0.6) is 0 Å². The molecule has 2 N–H and O–H groups in total. The number of piperazine rings is 1. The molecule has 1 aromatic rings. The Morgan fingerprint density at radius 1 is 1.13 bits per heavy atom. The standard InChI is InChI=1S/C11H17F4N5O.2ClH/c12-10(13)11(14,15)7-20-3-1-19(2-4-20)6-8-17-9(5-16)21-18-8;;/h10H,1-7,16H2;2*1H. The number of hydrogen-bond donors (Lipinski definition) is 1. The number of aromatic nitrogens is 2. The van der Waals surface area contributed by atoms with Crippen LogP contribution in [0.15, 0.2) is 4.52 Å². The maximum absolute atomic E-state index is 13.0. The molecule has 0 aromatic carbocycles. The van der Waals surface area contributed by atoms with E-state index in [0.717, 1.165) is 0 Å². The topological polar surface area (TPSA) is 71.4 Å². The molecule has 1 fully saturated rings. The van der Waals surface area contributed by atoms with Gasteiger partial charge in [0.2, 0.25) is 5.89 Å². The Labute approximate surface area is 143 Å². The molecule has 23 heavy (non-hydrogen) atoms. The molecule has 0 saturated carbocycles. The Morgan fingerprint density at radius 2 is 1.70 bits per heavy atom. The van der Waals surface area contributed by atoms with Crippen LogP contribution in [-0.2, 0) is 13.1 Å². The molecule has 1 aliphatic rings. The van der Waals surface area contributed by atoms with Crippen LogP contribution >= 0.6 is 24.8 Å². The maximum atomic E-state index is 13.0. The van der Waals surface area contributed by atoms with Gasteiger partial charge in [-0.2, -0.15) is 13.8 Å². The molecule has 0 aliphatic carbocycles. The summed E-state index contributed by atoms with van der Waals surface area (Å²) in [7, 11) is 0. The zero-order valence-electron chi connectivity index (χ0n) is 12.1. The average molecular weight is 384 g/mol. The predicted molar refractivity (Wildman–Crippen MR) is 79.4 cm³/mol. The van der Waals surface area contributed by atoms with Gasteiger partial charge in [-0.1, -0.05) is 5.16 Å². The molecule has 12 heteroatoms. The highest BCUT2D eigenvalue weighted by atomic mass is 35.5. The van der Waals surface area contributed by atoms with Crippen molar-refractivity contribution in [2.24, 2.45) is 5.73 Å². The van der Waals surface area contributed by atoms with E-state index in [9.17, 15) is 17.6 Å². The van der Waals surface area contributed by atoms with Gasteiger partial charge >= 0.3 is 12.3 Å². The third kappa shape index (κ3) is 6.38. The number of rotatable bonds is 6. The molecular weight excluding hydrogens is 365 g/mol. The summed E-state index contributed by atoms with van der Waals surface area (Å²) in [6.07, 6.45) is -3.63. The van der Waals surface area contributed by atoms with Crippen LogP contribution in [0.3, 0.4) is 0 Å². The van der Waals surface area contributed by atoms with Gasteiger partial charge in [0.05, 0.1) is 19.6 Å². The fourth-order valence-electron chi connectivity index (χ4n) is 2.11. The minimum Gasteiger partial charge on any atom is -0.338 e. The molecule has 1 aliphatic heterocycles. The highest BCUT2D eigenvalue weighted by Crippen LogP contribution is 2.24. The summed E-state index contributed by atoms with van der Waals surface area (Å²) in [5, 5.41) is 3.74. The SMILES string of the molecule is Cl.Cl.NCc1nc(CN2CCN(CC(F)(F)C(F)F)CC2)no1. The van der Waals surface area contributed by atoms with Crippen molar-refractivity contribution in [1.82, 2.24) is 19.9 Å². The number of hydrogen-bond acceptors (Lipinski definition) is 6. The summed E-state index contributed by atoms with van der Waals surface area (Å²) in [5.41, 5.74) is 5.35. The fourth-order valence-corrected chi connectivity index (χ4v) is 2.11. The molecule has 2 heterocycles. The summed E-state index contributed by atoms with van der Waals surface area (Å²) in [6.45, 7) is 1.20. The second-order valence-electron chi connectivity index (χ2n) is 4.92. The molecular formula is C11H19Cl2F4N5O. The van der Waals surface area contributed by atoms with Crippen molar-refractivity contribution in [2.45, 2.75) is 25.4 Å². The van der Waals surface area contributed by atoms with Gasteiger partial charge in [0.1, 0.15) is 0 Å². The molecule has 0 radical (unpaired) electrons. The molecule has 0 bridgehead atoms. The number of nitrogens with zero attached hydrogens (tertiary/aromatic N) is 4. The van der Waals surface area contributed by atoms with Gasteiger partial charge in [0, 0.05) is 26.2 Å². The van der Waals surface area contributed by atoms with Crippen molar-refractivity contribution in [3.05, 3.63) is 11.7 Å². The molecule has 136 valence electrons. The first-order valence-electron chi connectivity index (χ1n) is 6.53. The Bertz CT molecular complexity index is 457. The molecule has 2 rings (SSSR count). The van der Waals surface area contributed by atoms with Crippen LogP contribution in [0.25, 0.3) is 0 Å². The molecule has 0 unspecified atom stereocenters. The number of nitrogens with two attached hydrogens (primary N) is 1. The molecule has 0 spiro atoms. The van der Waals surface area contributed by atoms with E-state index in [4.69, 9.17) is 10.3 Å². The van der Waals surface area contributed by atoms with Crippen LogP contribution in [0.2, 0.25) is 0 Å². The second-order valence-corrected chi connectivity index (χ2v) is 4.92. The van der Waals surface area contributed by atoms with Gasteiger partial charge < -0.3 is 10.3 Å². The quantitative estimate of drug-likeness (QED) is 0.748. The van der Waals surface area contributed by atoms with E-state index in [1.165, 1.54) is 4.90 Å². The summed E-state index contributed by atoms with van der Waals surface area (Å²) in [5.74, 6) is -3.16. The van der Waals surface area contributed by atoms with Crippen LogP contribution in [0.4, 0.5) is 17.6 Å². The highest BCUT2D eigenvalue weighted by Gasteiger charge is 2.42. The predicted octanol–water partition coefficient (Wildman–Crippen LogP) is 1.39. The van der Waals surface area contributed by atoms with Gasteiger partial charge in [0.15, 0.2) is 5.82 Å². The van der Waals surface area contributed by atoms with Crippen molar-refractivity contribution in [2.75, 3.05) is 32.7 Å². The lowest BCUT2D eigenvalue weighted by Crippen LogP contribution is -2.51. The van der Waals surface area contributed by atoms with Crippen molar-refractivity contribution in [1.29, 1.82) is 0 Å². The summed E-state index contributed by atoms with van der Waals surface area (Å²) < 4.78 is 55.1. The Balaban J connectivity index is 0.00000242. The lowest BCUT2D eigenvalue weighted by atomic mass is 10.2. The molecule has 1 aromatic heterocycles. The van der Waals surface area contributed by atoms with Gasteiger partial charge in [-0.25, -0.2) is 8.78 Å². The van der Waals surface area contributed by atoms with E-state index in [2.05, 4.69) is 10.1 Å². The van der Waals surface area contributed by atoms with Crippen molar-refractivity contribution < 1.29 is 22.1 Å². The summed E-state index contributed by atoms with van der Waals surface area (Å²) >= 11 is 0. The van der Waals surface area contributed by atoms with E-state index in [1.54, 1.807) is 0 Å². The molecule has 0 atom stereocenters. The van der Waals surface area contributed by atoms with E-state index in [1.807, 2.05) is 4.90 Å². The lowest BCUT2D eigenvalue weighted by molar-refractivity contribution is -0.145. The lowest BCUT2D eigenvalue weighted by Gasteiger charge is -2.35. The van der Waals surface area contributed by atoms with Crippen LogP contribution in [0.1, 0.15) is 11.7 Å². The van der Waals surface area contributed by atoms with E-state index in [-0.39, 0.29) is 31.4 Å². The van der Waals surface area contributed by atoms with E-state index < -0.39 is 18.9 Å². The highest BCUT2D eigenvalue weighted by molar-refractivity contribution is 5.85. The first-order valence-corrected chi connectivity index (χ1v) is 6.53. The van der Waals surface area contributed by atoms with E-state index in [0.29, 0.717) is 44.4 Å².